The second-order valence-electron chi connectivity index (χ2n) is 8.53. The van der Waals surface area contributed by atoms with Crippen molar-refractivity contribution in [3.05, 3.63) is 75.4 Å². The van der Waals surface area contributed by atoms with E-state index in [0.717, 1.165) is 21.6 Å². The van der Waals surface area contributed by atoms with Crippen LogP contribution in [0.5, 0.6) is 5.75 Å². The van der Waals surface area contributed by atoms with Crippen molar-refractivity contribution in [3.63, 3.8) is 0 Å². The Morgan fingerprint density at radius 3 is 2.61 bits per heavy atom. The van der Waals surface area contributed by atoms with E-state index in [1.807, 2.05) is 70.3 Å². The summed E-state index contributed by atoms with van der Waals surface area (Å²) in [4.78, 5) is 26.5. The summed E-state index contributed by atoms with van der Waals surface area (Å²) < 4.78 is 12.8. The molecule has 0 radical (unpaired) electrons. The number of rotatable bonds is 9. The number of carbonyl (C=O) groups excluding carboxylic acids is 2. The van der Waals surface area contributed by atoms with Crippen molar-refractivity contribution in [2.24, 2.45) is 7.05 Å². The average Bonchev–Trinajstić information content (AvgIpc) is 3.43. The maximum absolute atomic E-state index is 12.9. The largest absolute Gasteiger partial charge is 0.481 e. The summed E-state index contributed by atoms with van der Waals surface area (Å²) in [6.45, 7) is 5.74. The molecule has 1 unspecified atom stereocenters. The zero-order valence-corrected chi connectivity index (χ0v) is 24.0. The molecule has 0 aliphatic carbocycles. The topological polar surface area (TPSA) is 95.3 Å². The lowest BCUT2D eigenvalue weighted by Crippen LogP contribution is -2.16. The van der Waals surface area contributed by atoms with Crippen LogP contribution in [0.25, 0.3) is 11.1 Å². The summed E-state index contributed by atoms with van der Waals surface area (Å²) >= 11 is 8.84. The minimum absolute atomic E-state index is 0.0726. The number of esters is 1. The predicted molar refractivity (Wildman–Crippen MR) is 151 cm³/mol. The van der Waals surface area contributed by atoms with Crippen LogP contribution in [-0.4, -0.2) is 39.5 Å². The fraction of sp³-hybridized carbons (Fsp3) is 0.259. The summed E-state index contributed by atoms with van der Waals surface area (Å²) in [6, 6.07) is 15.1. The van der Waals surface area contributed by atoms with E-state index in [4.69, 9.17) is 21.1 Å². The normalized spacial score (nSPS) is 11.7. The highest BCUT2D eigenvalue weighted by molar-refractivity contribution is 7.99. The number of carbonyl (C=O) groups is 2. The number of ether oxygens (including phenoxy) is 2. The number of benzene rings is 2. The van der Waals surface area contributed by atoms with Gasteiger partial charge in [0.15, 0.2) is 17.1 Å². The van der Waals surface area contributed by atoms with Crippen LogP contribution in [0.2, 0.25) is 5.02 Å². The molecule has 1 atom stereocenters. The van der Waals surface area contributed by atoms with Gasteiger partial charge >= 0.3 is 5.97 Å². The molecular weight excluding hydrogens is 544 g/mol. The smallest absolute Gasteiger partial charge is 0.341 e. The van der Waals surface area contributed by atoms with Gasteiger partial charge in [-0.25, -0.2) is 4.79 Å². The van der Waals surface area contributed by atoms with Gasteiger partial charge in [-0.3, -0.25) is 4.79 Å². The van der Waals surface area contributed by atoms with Crippen molar-refractivity contribution in [2.45, 2.75) is 32.0 Å². The summed E-state index contributed by atoms with van der Waals surface area (Å²) in [5, 5.41) is 12.9. The number of hydrogen-bond donors (Lipinski definition) is 1. The molecule has 1 N–H and O–H groups in total. The van der Waals surface area contributed by atoms with Crippen molar-refractivity contribution in [3.8, 4) is 16.9 Å². The maximum atomic E-state index is 12.9. The highest BCUT2D eigenvalue weighted by atomic mass is 35.5. The zero-order chi connectivity index (χ0) is 27.4. The number of anilines is 1. The van der Waals surface area contributed by atoms with Crippen molar-refractivity contribution >= 4 is 51.6 Å². The molecule has 198 valence electrons. The molecule has 11 heteroatoms. The Hall–Kier alpha value is -3.34. The van der Waals surface area contributed by atoms with Gasteiger partial charge in [0, 0.05) is 17.5 Å². The van der Waals surface area contributed by atoms with Crippen LogP contribution in [-0.2, 0) is 16.6 Å². The molecule has 4 rings (SSSR count). The molecule has 0 saturated heterocycles. The molecular formula is C27H27ClN4O4S2. The Kier molecular flexibility index (Phi) is 8.76. The first kappa shape index (κ1) is 27.7. The third-order valence-corrected chi connectivity index (χ3v) is 8.10. The van der Waals surface area contributed by atoms with Crippen LogP contribution in [0.3, 0.4) is 0 Å². The van der Waals surface area contributed by atoms with E-state index < -0.39 is 12.1 Å². The third kappa shape index (κ3) is 6.03. The van der Waals surface area contributed by atoms with E-state index in [-0.39, 0.29) is 11.7 Å². The first-order valence-corrected chi connectivity index (χ1v) is 13.9. The standard InChI is InChI=1S/C27H27ClN4O4S2/c1-15-11-12-19(28)20(13-15)36-16(2)24-30-31-27(32(24)4)37-14-21(33)29-25-23(26(34)35-5)22(17(3)38-25)18-9-7-6-8-10-18/h6-13,16H,14H2,1-5H3,(H,29,33). The molecule has 1 amide bonds. The molecule has 8 nitrogen and oxygen atoms in total. The van der Waals surface area contributed by atoms with Crippen LogP contribution in [0.15, 0.2) is 53.7 Å². The quantitative estimate of drug-likeness (QED) is 0.182. The second-order valence-corrected chi connectivity index (χ2v) is 11.1. The Morgan fingerprint density at radius 2 is 1.89 bits per heavy atom. The van der Waals surface area contributed by atoms with Crippen LogP contribution in [0.1, 0.15) is 39.7 Å². The number of thioether (sulfide) groups is 1. The van der Waals surface area contributed by atoms with Gasteiger partial charge in [0.2, 0.25) is 5.91 Å². The summed E-state index contributed by atoms with van der Waals surface area (Å²) in [5.41, 5.74) is 3.02. The first-order valence-electron chi connectivity index (χ1n) is 11.7. The first-order chi connectivity index (χ1) is 18.2. The van der Waals surface area contributed by atoms with Gasteiger partial charge in [0.1, 0.15) is 16.3 Å². The van der Waals surface area contributed by atoms with E-state index >= 15 is 0 Å². The van der Waals surface area contributed by atoms with Gasteiger partial charge in [-0.05, 0) is 44.0 Å². The lowest BCUT2D eigenvalue weighted by Gasteiger charge is -2.15. The lowest BCUT2D eigenvalue weighted by molar-refractivity contribution is -0.113. The number of nitrogens with zero attached hydrogens (tertiary/aromatic N) is 3. The van der Waals surface area contributed by atoms with E-state index in [1.165, 1.54) is 30.2 Å². The molecule has 4 aromatic rings. The second kappa shape index (κ2) is 12.0. The predicted octanol–water partition coefficient (Wildman–Crippen LogP) is 6.47. The summed E-state index contributed by atoms with van der Waals surface area (Å²) in [5.74, 6) is 0.458. The van der Waals surface area contributed by atoms with Crippen LogP contribution in [0.4, 0.5) is 5.00 Å². The summed E-state index contributed by atoms with van der Waals surface area (Å²) in [6.07, 6.45) is -0.414. The highest BCUT2D eigenvalue weighted by Gasteiger charge is 2.25. The van der Waals surface area contributed by atoms with E-state index in [1.54, 1.807) is 10.6 Å². The lowest BCUT2D eigenvalue weighted by atomic mass is 10.0. The van der Waals surface area contributed by atoms with Gasteiger partial charge in [0.25, 0.3) is 0 Å². The maximum Gasteiger partial charge on any atom is 0.341 e. The molecule has 0 spiro atoms. The Balaban J connectivity index is 1.46. The number of nitrogens with one attached hydrogen (secondary N) is 1. The third-order valence-electron chi connectivity index (χ3n) is 5.74. The molecule has 38 heavy (non-hydrogen) atoms. The van der Waals surface area contributed by atoms with Crippen LogP contribution in [0, 0.1) is 13.8 Å². The van der Waals surface area contributed by atoms with Gasteiger partial charge in [-0.2, -0.15) is 0 Å². The number of aryl methyl sites for hydroxylation is 2. The number of methoxy groups -OCH3 is 1. The number of amides is 1. The molecule has 2 heterocycles. The SMILES string of the molecule is COC(=O)c1c(NC(=O)CSc2nnc(C(C)Oc3cc(C)ccc3Cl)n2C)sc(C)c1-c1ccccc1. The van der Waals surface area contributed by atoms with Gasteiger partial charge in [-0.15, -0.1) is 21.5 Å². The minimum atomic E-state index is -0.503. The van der Waals surface area contributed by atoms with Gasteiger partial charge in [0.05, 0.1) is 17.9 Å². The molecule has 2 aromatic heterocycles. The Labute approximate surface area is 234 Å². The Morgan fingerprint density at radius 1 is 1.16 bits per heavy atom. The monoisotopic (exact) mass is 570 g/mol. The van der Waals surface area contributed by atoms with Gasteiger partial charge in [-0.1, -0.05) is 59.8 Å². The van der Waals surface area contributed by atoms with Crippen molar-refractivity contribution in [2.75, 3.05) is 18.2 Å². The van der Waals surface area contributed by atoms with Crippen molar-refractivity contribution in [1.82, 2.24) is 14.8 Å². The number of thiophene rings is 1. The summed E-state index contributed by atoms with van der Waals surface area (Å²) in [7, 11) is 3.15. The van der Waals surface area contributed by atoms with Crippen molar-refractivity contribution < 1.29 is 19.1 Å². The molecule has 0 bridgehead atoms. The highest BCUT2D eigenvalue weighted by Crippen LogP contribution is 2.40. The molecule has 0 fully saturated rings. The average molecular weight is 571 g/mol. The van der Waals surface area contributed by atoms with E-state index in [0.29, 0.717) is 32.3 Å². The fourth-order valence-corrected chi connectivity index (χ4v) is 5.89. The Bertz CT molecular complexity index is 1470. The number of halogens is 1. The zero-order valence-electron chi connectivity index (χ0n) is 21.6. The molecule has 2 aromatic carbocycles. The molecule has 0 aliphatic rings. The molecule has 0 saturated carbocycles. The van der Waals surface area contributed by atoms with Crippen molar-refractivity contribution in [1.29, 1.82) is 0 Å². The fourth-order valence-electron chi connectivity index (χ4n) is 3.92. The number of hydrogen-bond acceptors (Lipinski definition) is 8. The minimum Gasteiger partial charge on any atom is -0.481 e. The van der Waals surface area contributed by atoms with Gasteiger partial charge < -0.3 is 19.4 Å². The van der Waals surface area contributed by atoms with E-state index in [9.17, 15) is 9.59 Å². The van der Waals surface area contributed by atoms with E-state index in [2.05, 4.69) is 15.5 Å². The molecule has 0 aliphatic heterocycles. The van der Waals surface area contributed by atoms with Crippen LogP contribution >= 0.6 is 34.7 Å². The van der Waals surface area contributed by atoms with Crippen LogP contribution < -0.4 is 10.1 Å². The number of aromatic nitrogens is 3.